The summed E-state index contributed by atoms with van der Waals surface area (Å²) in [5.74, 6) is -1.07. The fourth-order valence-corrected chi connectivity index (χ4v) is 5.14. The molecule has 1 unspecified atom stereocenters. The first-order chi connectivity index (χ1) is 16.1. The van der Waals surface area contributed by atoms with Gasteiger partial charge in [-0.05, 0) is 49.9 Å². The number of anilines is 1. The number of hydrogen-bond donors (Lipinski definition) is 2. The van der Waals surface area contributed by atoms with Crippen LogP contribution in [0, 0.1) is 18.6 Å². The van der Waals surface area contributed by atoms with Crippen LogP contribution in [-0.4, -0.2) is 53.1 Å². The van der Waals surface area contributed by atoms with Gasteiger partial charge in [-0.3, -0.25) is 4.98 Å². The van der Waals surface area contributed by atoms with Crippen molar-refractivity contribution >= 4 is 26.9 Å². The third kappa shape index (κ3) is 5.01. The number of nitrogens with two attached hydrogens (primary N) is 1. The van der Waals surface area contributed by atoms with Crippen LogP contribution in [0.3, 0.4) is 0 Å². The number of hydrogen-bond acceptors (Lipinski definition) is 7. The zero-order valence-corrected chi connectivity index (χ0v) is 20.2. The molecule has 0 bridgehead atoms. The average molecular weight is 491 g/mol. The summed E-state index contributed by atoms with van der Waals surface area (Å²) in [4.78, 5) is 12.7. The molecule has 1 fully saturated rings. The van der Waals surface area contributed by atoms with Crippen molar-refractivity contribution in [3.63, 3.8) is 0 Å². The van der Waals surface area contributed by atoms with Crippen molar-refractivity contribution in [2.45, 2.75) is 45.2 Å². The average Bonchev–Trinajstić information content (AvgIpc) is 2.79. The maximum atomic E-state index is 15.1. The van der Waals surface area contributed by atoms with Gasteiger partial charge in [0.05, 0.1) is 12.5 Å². The Hall–Kier alpha value is -2.76. The molecule has 3 heterocycles. The molecular formula is C23H28F2N6O2S. The summed E-state index contributed by atoms with van der Waals surface area (Å²) in [5, 5.41) is 3.68. The number of nitrogens with one attached hydrogen (secondary N) is 1. The topological polar surface area (TPSA) is 114 Å². The predicted octanol–water partition coefficient (Wildman–Crippen LogP) is 3.52. The molecule has 8 nitrogen and oxygen atoms in total. The smallest absolute Gasteiger partial charge is 0.223 e. The molecule has 1 aliphatic rings. The summed E-state index contributed by atoms with van der Waals surface area (Å²) in [6.45, 7) is 4.48. The Morgan fingerprint density at radius 3 is 2.53 bits per heavy atom. The van der Waals surface area contributed by atoms with E-state index < -0.39 is 21.7 Å². The highest BCUT2D eigenvalue weighted by Crippen LogP contribution is 2.32. The lowest BCUT2D eigenvalue weighted by molar-refractivity contribution is 0.331. The van der Waals surface area contributed by atoms with Gasteiger partial charge in [0, 0.05) is 41.8 Å². The van der Waals surface area contributed by atoms with E-state index >= 15 is 4.39 Å². The first-order valence-electron chi connectivity index (χ1n) is 11.2. The molecule has 3 aromatic rings. The molecule has 182 valence electrons. The van der Waals surface area contributed by atoms with E-state index in [0.29, 0.717) is 43.4 Å². The minimum Gasteiger partial charge on any atom is -0.351 e. The standard InChI is InChI=1S/C23H28F2N6O2S/c1-4-20(26)16-9-13(2)28-22-17(16)10-14(11-18(22)24)21-19(25)12-27-23(30-21)29-15-5-7-31(8-6-15)34(3,32)33/h9-12,15,20H,4-8,26H2,1-3H3,(H,27,29,30). The zero-order valence-electron chi connectivity index (χ0n) is 19.3. The first-order valence-corrected chi connectivity index (χ1v) is 13.0. The Morgan fingerprint density at radius 2 is 1.88 bits per heavy atom. The quantitative estimate of drug-likeness (QED) is 0.543. The SMILES string of the molecule is CCC(N)c1cc(C)nc2c(F)cc(-c3nc(NC4CCN(S(C)(=O)=O)CC4)ncc3F)cc12. The van der Waals surface area contributed by atoms with Crippen molar-refractivity contribution in [3.05, 3.63) is 47.3 Å². The van der Waals surface area contributed by atoms with Crippen LogP contribution in [0.25, 0.3) is 22.2 Å². The van der Waals surface area contributed by atoms with Crippen molar-refractivity contribution in [1.29, 1.82) is 0 Å². The minimum atomic E-state index is -3.23. The van der Waals surface area contributed by atoms with Gasteiger partial charge in [0.2, 0.25) is 16.0 Å². The molecule has 11 heteroatoms. The van der Waals surface area contributed by atoms with E-state index in [0.717, 1.165) is 11.8 Å². The number of fused-ring (bicyclic) bond motifs is 1. The van der Waals surface area contributed by atoms with Gasteiger partial charge in [-0.15, -0.1) is 0 Å². The molecular weight excluding hydrogens is 462 g/mol. The maximum Gasteiger partial charge on any atom is 0.223 e. The van der Waals surface area contributed by atoms with Crippen molar-refractivity contribution in [3.8, 4) is 11.3 Å². The fraction of sp³-hybridized carbons (Fsp3) is 0.435. The second kappa shape index (κ2) is 9.47. The second-order valence-electron chi connectivity index (χ2n) is 8.69. The molecule has 1 aliphatic heterocycles. The number of pyridine rings is 1. The summed E-state index contributed by atoms with van der Waals surface area (Å²) >= 11 is 0. The minimum absolute atomic E-state index is 0.0385. The normalized spacial score (nSPS) is 16.6. The number of halogens is 2. The molecule has 0 amide bonds. The van der Waals surface area contributed by atoms with Gasteiger partial charge in [-0.25, -0.2) is 31.5 Å². The van der Waals surface area contributed by atoms with Crippen LogP contribution in [0.15, 0.2) is 24.4 Å². The number of benzene rings is 1. The Balaban J connectivity index is 1.67. The number of aromatic nitrogens is 3. The molecule has 0 radical (unpaired) electrons. The second-order valence-corrected chi connectivity index (χ2v) is 10.7. The predicted molar refractivity (Wildman–Crippen MR) is 128 cm³/mol. The third-order valence-corrected chi connectivity index (χ3v) is 7.44. The summed E-state index contributed by atoms with van der Waals surface area (Å²) in [6, 6.07) is 4.33. The van der Waals surface area contributed by atoms with Gasteiger partial charge in [0.25, 0.3) is 0 Å². The summed E-state index contributed by atoms with van der Waals surface area (Å²) in [7, 11) is -3.23. The van der Waals surface area contributed by atoms with Crippen LogP contribution >= 0.6 is 0 Å². The monoisotopic (exact) mass is 490 g/mol. The van der Waals surface area contributed by atoms with E-state index in [4.69, 9.17) is 5.73 Å². The number of nitrogens with zero attached hydrogens (tertiary/aromatic N) is 4. The Morgan fingerprint density at radius 1 is 1.18 bits per heavy atom. The molecule has 1 saturated heterocycles. The van der Waals surface area contributed by atoms with Crippen molar-refractivity contribution in [2.24, 2.45) is 5.73 Å². The lowest BCUT2D eigenvalue weighted by atomic mass is 9.97. The van der Waals surface area contributed by atoms with Crippen molar-refractivity contribution < 1.29 is 17.2 Å². The van der Waals surface area contributed by atoms with E-state index in [1.54, 1.807) is 13.0 Å². The Labute approximate surface area is 197 Å². The molecule has 0 saturated carbocycles. The summed E-state index contributed by atoms with van der Waals surface area (Å²) in [5.41, 5.74) is 8.07. The van der Waals surface area contributed by atoms with Crippen LogP contribution < -0.4 is 11.1 Å². The van der Waals surface area contributed by atoms with Gasteiger partial charge in [0.1, 0.15) is 17.0 Å². The third-order valence-electron chi connectivity index (χ3n) is 6.14. The molecule has 2 aromatic heterocycles. The zero-order chi connectivity index (χ0) is 24.6. The van der Waals surface area contributed by atoms with Crippen molar-refractivity contribution in [2.75, 3.05) is 24.7 Å². The lowest BCUT2D eigenvalue weighted by Crippen LogP contribution is -2.42. The molecule has 3 N–H and O–H groups in total. The summed E-state index contributed by atoms with van der Waals surface area (Å²) < 4.78 is 54.7. The first kappa shape index (κ1) is 24.4. The van der Waals surface area contributed by atoms with E-state index in [9.17, 15) is 12.8 Å². The Kier molecular flexibility index (Phi) is 6.79. The highest BCUT2D eigenvalue weighted by atomic mass is 32.2. The number of piperidine rings is 1. The molecule has 0 aliphatic carbocycles. The number of sulfonamides is 1. The molecule has 1 atom stereocenters. The van der Waals surface area contributed by atoms with Crippen LogP contribution in [-0.2, 0) is 10.0 Å². The highest BCUT2D eigenvalue weighted by Gasteiger charge is 2.25. The van der Waals surface area contributed by atoms with Crippen LogP contribution in [0.2, 0.25) is 0 Å². The van der Waals surface area contributed by atoms with Crippen molar-refractivity contribution in [1.82, 2.24) is 19.3 Å². The molecule has 4 rings (SSSR count). The van der Waals surface area contributed by atoms with Gasteiger partial charge >= 0.3 is 0 Å². The number of aryl methyl sites for hydroxylation is 1. The highest BCUT2D eigenvalue weighted by molar-refractivity contribution is 7.88. The van der Waals surface area contributed by atoms with Gasteiger partial charge < -0.3 is 11.1 Å². The van der Waals surface area contributed by atoms with Gasteiger partial charge in [0.15, 0.2) is 5.82 Å². The van der Waals surface area contributed by atoms with E-state index in [1.165, 1.54) is 16.6 Å². The Bertz CT molecular complexity index is 1330. The fourth-order valence-electron chi connectivity index (χ4n) is 4.26. The summed E-state index contributed by atoms with van der Waals surface area (Å²) in [6.07, 6.45) is 4.02. The van der Waals surface area contributed by atoms with E-state index in [1.807, 2.05) is 13.0 Å². The van der Waals surface area contributed by atoms with Gasteiger partial charge in [-0.1, -0.05) is 6.92 Å². The van der Waals surface area contributed by atoms with Gasteiger partial charge in [-0.2, -0.15) is 0 Å². The number of rotatable bonds is 6. The van der Waals surface area contributed by atoms with E-state index in [2.05, 4.69) is 20.3 Å². The molecule has 34 heavy (non-hydrogen) atoms. The largest absolute Gasteiger partial charge is 0.351 e. The molecule has 1 aromatic carbocycles. The van der Waals surface area contributed by atoms with E-state index in [-0.39, 0.29) is 34.8 Å². The maximum absolute atomic E-state index is 15.1. The van der Waals surface area contributed by atoms with Crippen LogP contribution in [0.4, 0.5) is 14.7 Å². The molecule has 0 spiro atoms. The van der Waals surface area contributed by atoms with Crippen LogP contribution in [0.5, 0.6) is 0 Å². The van der Waals surface area contributed by atoms with Crippen LogP contribution in [0.1, 0.15) is 43.5 Å². The lowest BCUT2D eigenvalue weighted by Gasteiger charge is -2.30.